The number of nitrogens with two attached hydrogens (primary N) is 1. The number of rotatable bonds is 10. The standard InChI is InChI=1S/C22H26N4OS/c23-12-14-26(13-11-18-7-3-1-4-8-18)16-20-17-28-22(25-20)15-21(27)24-19-9-5-2-6-10-19/h1-10,17H,11-16,23H2,(H,24,27). The zero-order chi connectivity index (χ0) is 19.6. The van der Waals surface area contributed by atoms with E-state index in [1.54, 1.807) is 0 Å². The van der Waals surface area contributed by atoms with Crippen LogP contribution in [0.1, 0.15) is 16.3 Å². The molecule has 5 nitrogen and oxygen atoms in total. The molecular weight excluding hydrogens is 368 g/mol. The molecule has 0 unspecified atom stereocenters. The number of para-hydroxylation sites is 1. The first-order valence-electron chi connectivity index (χ1n) is 9.47. The van der Waals surface area contributed by atoms with Crippen LogP contribution in [0.25, 0.3) is 0 Å². The monoisotopic (exact) mass is 394 g/mol. The average molecular weight is 395 g/mol. The molecule has 0 saturated heterocycles. The first kappa shape index (κ1) is 20.2. The first-order chi connectivity index (χ1) is 13.7. The number of nitrogens with zero attached hydrogens (tertiary/aromatic N) is 2. The molecule has 0 bridgehead atoms. The van der Waals surface area contributed by atoms with E-state index in [0.717, 1.165) is 42.4 Å². The van der Waals surface area contributed by atoms with Gasteiger partial charge >= 0.3 is 0 Å². The number of nitrogens with one attached hydrogen (secondary N) is 1. The highest BCUT2D eigenvalue weighted by molar-refractivity contribution is 7.09. The molecule has 0 fully saturated rings. The predicted molar refractivity (Wildman–Crippen MR) is 115 cm³/mol. The number of aromatic nitrogens is 1. The van der Waals surface area contributed by atoms with Gasteiger partial charge in [-0.25, -0.2) is 4.98 Å². The number of carbonyl (C=O) groups is 1. The lowest BCUT2D eigenvalue weighted by atomic mass is 10.1. The molecule has 3 rings (SSSR count). The number of thiazole rings is 1. The second-order valence-electron chi connectivity index (χ2n) is 6.62. The summed E-state index contributed by atoms with van der Waals surface area (Å²) in [6.45, 7) is 3.13. The summed E-state index contributed by atoms with van der Waals surface area (Å²) in [5.74, 6) is -0.0463. The third-order valence-corrected chi connectivity index (χ3v) is 5.26. The molecule has 0 spiro atoms. The Morgan fingerprint density at radius 3 is 2.46 bits per heavy atom. The SMILES string of the molecule is NCCN(CCc1ccccc1)Cc1csc(CC(=O)Nc2ccccc2)n1. The number of carbonyl (C=O) groups excluding carboxylic acids is 1. The molecule has 146 valence electrons. The van der Waals surface area contributed by atoms with Crippen molar-refractivity contribution in [3.05, 3.63) is 82.3 Å². The van der Waals surface area contributed by atoms with Gasteiger partial charge in [0.2, 0.25) is 5.91 Å². The lowest BCUT2D eigenvalue weighted by Crippen LogP contribution is -2.31. The van der Waals surface area contributed by atoms with Gasteiger partial charge in [-0.05, 0) is 24.1 Å². The quantitative estimate of drug-likeness (QED) is 0.553. The van der Waals surface area contributed by atoms with Crippen molar-refractivity contribution in [3.63, 3.8) is 0 Å². The number of anilines is 1. The van der Waals surface area contributed by atoms with Gasteiger partial charge in [-0.15, -0.1) is 11.3 Å². The topological polar surface area (TPSA) is 71.2 Å². The molecule has 0 aliphatic carbocycles. The largest absolute Gasteiger partial charge is 0.329 e. The fraction of sp³-hybridized carbons (Fsp3) is 0.273. The van der Waals surface area contributed by atoms with E-state index in [2.05, 4.69) is 39.5 Å². The van der Waals surface area contributed by atoms with Gasteiger partial charge in [0, 0.05) is 37.2 Å². The van der Waals surface area contributed by atoms with Crippen LogP contribution in [-0.2, 0) is 24.2 Å². The smallest absolute Gasteiger partial charge is 0.231 e. The minimum atomic E-state index is -0.0463. The van der Waals surface area contributed by atoms with Crippen LogP contribution in [-0.4, -0.2) is 35.4 Å². The van der Waals surface area contributed by atoms with Crippen LogP contribution in [0.15, 0.2) is 66.0 Å². The Balaban J connectivity index is 1.51. The molecule has 3 N–H and O–H groups in total. The van der Waals surface area contributed by atoms with Gasteiger partial charge < -0.3 is 11.1 Å². The second kappa shape index (κ2) is 10.7. The first-order valence-corrected chi connectivity index (χ1v) is 10.4. The molecule has 3 aromatic rings. The number of hydrogen-bond donors (Lipinski definition) is 2. The molecule has 1 heterocycles. The summed E-state index contributed by atoms with van der Waals surface area (Å²) in [6, 6.07) is 19.9. The Morgan fingerprint density at radius 1 is 1.04 bits per heavy atom. The summed E-state index contributed by atoms with van der Waals surface area (Å²) in [4.78, 5) is 19.2. The van der Waals surface area contributed by atoms with Crippen molar-refractivity contribution in [1.29, 1.82) is 0 Å². The van der Waals surface area contributed by atoms with Crippen molar-refractivity contribution in [1.82, 2.24) is 9.88 Å². The van der Waals surface area contributed by atoms with Crippen LogP contribution in [0.2, 0.25) is 0 Å². The Labute approximate surface area is 170 Å². The average Bonchev–Trinajstić information content (AvgIpc) is 3.14. The summed E-state index contributed by atoms with van der Waals surface area (Å²) in [7, 11) is 0. The van der Waals surface area contributed by atoms with Crippen molar-refractivity contribution in [3.8, 4) is 0 Å². The van der Waals surface area contributed by atoms with Crippen molar-refractivity contribution < 1.29 is 4.79 Å². The third-order valence-electron chi connectivity index (χ3n) is 4.36. The van der Waals surface area contributed by atoms with Gasteiger partial charge in [-0.2, -0.15) is 0 Å². The van der Waals surface area contributed by atoms with Gasteiger partial charge in [-0.3, -0.25) is 9.69 Å². The van der Waals surface area contributed by atoms with E-state index in [-0.39, 0.29) is 5.91 Å². The molecule has 0 aliphatic heterocycles. The van der Waals surface area contributed by atoms with E-state index >= 15 is 0 Å². The van der Waals surface area contributed by atoms with Crippen LogP contribution in [0.3, 0.4) is 0 Å². The summed E-state index contributed by atoms with van der Waals surface area (Å²) in [6.07, 6.45) is 1.28. The highest BCUT2D eigenvalue weighted by Gasteiger charge is 2.11. The van der Waals surface area contributed by atoms with Crippen molar-refractivity contribution in [2.75, 3.05) is 25.0 Å². The van der Waals surface area contributed by atoms with Crippen molar-refractivity contribution >= 4 is 22.9 Å². The molecule has 0 atom stereocenters. The van der Waals surface area contributed by atoms with E-state index in [1.165, 1.54) is 16.9 Å². The van der Waals surface area contributed by atoms with E-state index in [0.29, 0.717) is 13.0 Å². The van der Waals surface area contributed by atoms with Crippen molar-refractivity contribution in [2.45, 2.75) is 19.4 Å². The Morgan fingerprint density at radius 2 is 1.75 bits per heavy atom. The number of benzene rings is 2. The maximum absolute atomic E-state index is 12.2. The Bertz CT molecular complexity index is 851. The molecule has 2 aromatic carbocycles. The molecule has 6 heteroatoms. The predicted octanol–water partition coefficient (Wildman–Crippen LogP) is 3.33. The summed E-state index contributed by atoms with van der Waals surface area (Å²) in [5.41, 5.74) is 8.90. The van der Waals surface area contributed by atoms with E-state index in [1.807, 2.05) is 41.8 Å². The van der Waals surface area contributed by atoms with E-state index in [9.17, 15) is 4.79 Å². The molecular formula is C22H26N4OS. The van der Waals surface area contributed by atoms with E-state index in [4.69, 9.17) is 5.73 Å². The highest BCUT2D eigenvalue weighted by atomic mass is 32.1. The van der Waals surface area contributed by atoms with Gasteiger partial charge in [-0.1, -0.05) is 48.5 Å². The maximum Gasteiger partial charge on any atom is 0.231 e. The highest BCUT2D eigenvalue weighted by Crippen LogP contribution is 2.14. The van der Waals surface area contributed by atoms with Crippen LogP contribution >= 0.6 is 11.3 Å². The van der Waals surface area contributed by atoms with Crippen LogP contribution < -0.4 is 11.1 Å². The Kier molecular flexibility index (Phi) is 7.72. The van der Waals surface area contributed by atoms with E-state index < -0.39 is 0 Å². The zero-order valence-corrected chi connectivity index (χ0v) is 16.7. The summed E-state index contributed by atoms with van der Waals surface area (Å²) in [5, 5.41) is 5.77. The summed E-state index contributed by atoms with van der Waals surface area (Å²) >= 11 is 1.53. The fourth-order valence-electron chi connectivity index (χ4n) is 2.98. The zero-order valence-electron chi connectivity index (χ0n) is 15.9. The van der Waals surface area contributed by atoms with Crippen molar-refractivity contribution in [2.24, 2.45) is 5.73 Å². The molecule has 1 aromatic heterocycles. The van der Waals surface area contributed by atoms with Gasteiger partial charge in [0.05, 0.1) is 12.1 Å². The minimum Gasteiger partial charge on any atom is -0.329 e. The number of amides is 1. The van der Waals surface area contributed by atoms with Crippen LogP contribution in [0.5, 0.6) is 0 Å². The normalized spacial score (nSPS) is 10.9. The lowest BCUT2D eigenvalue weighted by Gasteiger charge is -2.20. The molecule has 28 heavy (non-hydrogen) atoms. The molecule has 0 saturated carbocycles. The maximum atomic E-state index is 12.2. The third kappa shape index (κ3) is 6.56. The van der Waals surface area contributed by atoms with Crippen LogP contribution in [0, 0.1) is 0 Å². The van der Waals surface area contributed by atoms with Gasteiger partial charge in [0.15, 0.2) is 0 Å². The molecule has 0 radical (unpaired) electrons. The van der Waals surface area contributed by atoms with Gasteiger partial charge in [0.25, 0.3) is 0 Å². The summed E-state index contributed by atoms with van der Waals surface area (Å²) < 4.78 is 0. The number of hydrogen-bond acceptors (Lipinski definition) is 5. The van der Waals surface area contributed by atoms with Gasteiger partial charge in [0.1, 0.15) is 5.01 Å². The second-order valence-corrected chi connectivity index (χ2v) is 7.57. The lowest BCUT2D eigenvalue weighted by molar-refractivity contribution is -0.115. The molecule has 0 aliphatic rings. The molecule has 1 amide bonds. The fourth-order valence-corrected chi connectivity index (χ4v) is 3.76. The minimum absolute atomic E-state index is 0.0463. The Hall–Kier alpha value is -2.54. The van der Waals surface area contributed by atoms with Crippen LogP contribution in [0.4, 0.5) is 5.69 Å².